The number of carbonyl (C=O) groups excluding carboxylic acids is 2. The molecule has 0 aromatic heterocycles. The number of ketones is 2. The second-order valence-electron chi connectivity index (χ2n) is 12.0. The standard InChI is InChI=1S/C34H34N2O2/c1-33(2,3)23-15-9-11-17-25(23)35-27-19-20-28(36-26-18-12-10-16-24(26)34(4,5)6)30-29(27)31(37)21-13-7-8-14-22(21)32(30)38/h7-20,35-36H,1-6H3. The molecule has 0 aliphatic heterocycles. The molecule has 38 heavy (non-hydrogen) atoms. The van der Waals surface area contributed by atoms with Gasteiger partial charge in [-0.3, -0.25) is 9.59 Å². The van der Waals surface area contributed by atoms with Gasteiger partial charge in [-0.15, -0.1) is 0 Å². The Balaban J connectivity index is 1.70. The average Bonchev–Trinajstić information content (AvgIpc) is 2.87. The van der Waals surface area contributed by atoms with Crippen LogP contribution in [-0.4, -0.2) is 11.6 Å². The van der Waals surface area contributed by atoms with Gasteiger partial charge in [0.15, 0.2) is 11.6 Å². The highest BCUT2D eigenvalue weighted by molar-refractivity contribution is 6.32. The fourth-order valence-corrected chi connectivity index (χ4v) is 5.21. The Hall–Kier alpha value is -4.18. The van der Waals surface area contributed by atoms with Crippen LogP contribution in [0.3, 0.4) is 0 Å². The number of fused-ring (bicyclic) bond motifs is 2. The predicted octanol–water partition coefficient (Wildman–Crippen LogP) is 8.54. The van der Waals surface area contributed by atoms with Gasteiger partial charge in [0, 0.05) is 22.5 Å². The van der Waals surface area contributed by atoms with Gasteiger partial charge in [-0.1, -0.05) is 102 Å². The molecule has 0 fully saturated rings. The first kappa shape index (κ1) is 25.5. The molecular formula is C34H34N2O2. The molecule has 1 aliphatic rings. The summed E-state index contributed by atoms with van der Waals surface area (Å²) >= 11 is 0. The number of rotatable bonds is 4. The van der Waals surface area contributed by atoms with E-state index in [1.54, 1.807) is 24.3 Å². The Morgan fingerprint density at radius 3 is 1.16 bits per heavy atom. The minimum atomic E-state index is -0.154. The zero-order valence-corrected chi connectivity index (χ0v) is 22.9. The fraction of sp³-hybridized carbons (Fsp3) is 0.235. The lowest BCUT2D eigenvalue weighted by atomic mass is 9.81. The summed E-state index contributed by atoms with van der Waals surface area (Å²) in [5.41, 5.74) is 6.80. The van der Waals surface area contributed by atoms with Gasteiger partial charge in [0.05, 0.1) is 22.5 Å². The fourth-order valence-electron chi connectivity index (χ4n) is 5.21. The SMILES string of the molecule is CC(C)(C)c1ccccc1Nc1ccc(Nc2ccccc2C(C)(C)C)c2c1C(=O)c1ccccc1C2=O. The van der Waals surface area contributed by atoms with Crippen molar-refractivity contribution in [2.75, 3.05) is 10.6 Å². The van der Waals surface area contributed by atoms with E-state index in [1.807, 2.05) is 48.5 Å². The minimum Gasteiger partial charge on any atom is -0.355 e. The Labute approximate surface area is 225 Å². The molecule has 5 rings (SSSR count). The van der Waals surface area contributed by atoms with Crippen molar-refractivity contribution in [3.05, 3.63) is 118 Å². The summed E-state index contributed by atoms with van der Waals surface area (Å²) < 4.78 is 0. The Morgan fingerprint density at radius 1 is 0.447 bits per heavy atom. The molecule has 1 aliphatic carbocycles. The molecule has 0 spiro atoms. The smallest absolute Gasteiger partial charge is 0.196 e. The lowest BCUT2D eigenvalue weighted by Crippen LogP contribution is -2.24. The van der Waals surface area contributed by atoms with Crippen LogP contribution >= 0.6 is 0 Å². The molecule has 0 amide bonds. The van der Waals surface area contributed by atoms with Crippen molar-refractivity contribution in [3.63, 3.8) is 0 Å². The molecule has 0 heterocycles. The monoisotopic (exact) mass is 502 g/mol. The zero-order chi connectivity index (χ0) is 27.2. The van der Waals surface area contributed by atoms with Crippen LogP contribution in [0, 0.1) is 0 Å². The van der Waals surface area contributed by atoms with E-state index in [2.05, 4.69) is 64.3 Å². The summed E-state index contributed by atoms with van der Waals surface area (Å²) in [6.07, 6.45) is 0. The number of hydrogen-bond acceptors (Lipinski definition) is 4. The summed E-state index contributed by atoms with van der Waals surface area (Å²) in [7, 11) is 0. The largest absolute Gasteiger partial charge is 0.355 e. The van der Waals surface area contributed by atoms with E-state index < -0.39 is 0 Å². The van der Waals surface area contributed by atoms with Crippen LogP contribution in [0.1, 0.15) is 84.5 Å². The van der Waals surface area contributed by atoms with Crippen molar-refractivity contribution in [1.29, 1.82) is 0 Å². The average molecular weight is 503 g/mol. The lowest BCUT2D eigenvalue weighted by molar-refractivity contribution is 0.0980. The number of hydrogen-bond donors (Lipinski definition) is 2. The molecule has 0 atom stereocenters. The maximum atomic E-state index is 14.0. The number of nitrogens with one attached hydrogen (secondary N) is 2. The maximum absolute atomic E-state index is 14.0. The molecule has 0 saturated heterocycles. The van der Waals surface area contributed by atoms with Crippen LogP contribution < -0.4 is 10.6 Å². The van der Waals surface area contributed by atoms with Gasteiger partial charge < -0.3 is 10.6 Å². The molecule has 0 saturated carbocycles. The molecular weight excluding hydrogens is 468 g/mol. The topological polar surface area (TPSA) is 58.2 Å². The molecule has 0 bridgehead atoms. The third kappa shape index (κ3) is 4.51. The molecule has 4 nitrogen and oxygen atoms in total. The van der Waals surface area contributed by atoms with Gasteiger partial charge >= 0.3 is 0 Å². The Kier molecular flexibility index (Phi) is 6.22. The van der Waals surface area contributed by atoms with Crippen molar-refractivity contribution in [3.8, 4) is 0 Å². The van der Waals surface area contributed by atoms with E-state index in [1.165, 1.54) is 0 Å². The lowest BCUT2D eigenvalue weighted by Gasteiger charge is -2.28. The quantitative estimate of drug-likeness (QED) is 0.258. The normalized spacial score (nSPS) is 13.1. The van der Waals surface area contributed by atoms with E-state index in [-0.39, 0.29) is 22.4 Å². The van der Waals surface area contributed by atoms with Gasteiger partial charge in [-0.2, -0.15) is 0 Å². The highest BCUT2D eigenvalue weighted by Crippen LogP contribution is 2.41. The highest BCUT2D eigenvalue weighted by Gasteiger charge is 2.34. The Morgan fingerprint density at radius 2 is 0.789 bits per heavy atom. The van der Waals surface area contributed by atoms with Gasteiger partial charge in [-0.25, -0.2) is 0 Å². The van der Waals surface area contributed by atoms with E-state index in [4.69, 9.17) is 0 Å². The summed E-state index contributed by atoms with van der Waals surface area (Å²) in [6, 6.07) is 27.1. The highest BCUT2D eigenvalue weighted by atomic mass is 16.1. The van der Waals surface area contributed by atoms with Crippen LogP contribution in [0.2, 0.25) is 0 Å². The predicted molar refractivity (Wildman–Crippen MR) is 157 cm³/mol. The van der Waals surface area contributed by atoms with Crippen molar-refractivity contribution in [2.24, 2.45) is 0 Å². The van der Waals surface area contributed by atoms with Gasteiger partial charge in [0.1, 0.15) is 0 Å². The van der Waals surface area contributed by atoms with Crippen molar-refractivity contribution >= 4 is 34.3 Å². The van der Waals surface area contributed by atoms with E-state index in [0.717, 1.165) is 22.5 Å². The molecule has 0 unspecified atom stereocenters. The second-order valence-corrected chi connectivity index (χ2v) is 12.0. The first-order valence-electron chi connectivity index (χ1n) is 13.1. The van der Waals surface area contributed by atoms with Crippen LogP contribution in [0.4, 0.5) is 22.7 Å². The first-order valence-corrected chi connectivity index (χ1v) is 13.1. The number of benzene rings is 4. The molecule has 4 heteroatoms. The van der Waals surface area contributed by atoms with Crippen LogP contribution in [0.25, 0.3) is 0 Å². The molecule has 4 aromatic carbocycles. The molecule has 0 radical (unpaired) electrons. The van der Waals surface area contributed by atoms with Crippen molar-refractivity contribution in [2.45, 2.75) is 52.4 Å². The third-order valence-corrected chi connectivity index (χ3v) is 7.08. The molecule has 4 aromatic rings. The summed E-state index contributed by atoms with van der Waals surface area (Å²) in [5.74, 6) is -0.308. The van der Waals surface area contributed by atoms with E-state index >= 15 is 0 Å². The summed E-state index contributed by atoms with van der Waals surface area (Å²) in [6.45, 7) is 13.0. The van der Waals surface area contributed by atoms with Crippen molar-refractivity contribution in [1.82, 2.24) is 0 Å². The van der Waals surface area contributed by atoms with Gasteiger partial charge in [0.25, 0.3) is 0 Å². The second kappa shape index (κ2) is 9.29. The first-order chi connectivity index (χ1) is 18.0. The third-order valence-electron chi connectivity index (χ3n) is 7.08. The zero-order valence-electron chi connectivity index (χ0n) is 22.9. The minimum absolute atomic E-state index is 0.103. The molecule has 2 N–H and O–H groups in total. The number of carbonyl (C=O) groups is 2. The summed E-state index contributed by atoms with van der Waals surface area (Å²) in [4.78, 5) is 27.9. The van der Waals surface area contributed by atoms with Crippen LogP contribution in [0.5, 0.6) is 0 Å². The van der Waals surface area contributed by atoms with Crippen LogP contribution in [-0.2, 0) is 10.8 Å². The Bertz CT molecular complexity index is 1450. The molecule has 192 valence electrons. The van der Waals surface area contributed by atoms with Gasteiger partial charge in [-0.05, 0) is 46.2 Å². The van der Waals surface area contributed by atoms with E-state index in [9.17, 15) is 9.59 Å². The van der Waals surface area contributed by atoms with Crippen molar-refractivity contribution < 1.29 is 9.59 Å². The maximum Gasteiger partial charge on any atom is 0.196 e. The number of para-hydroxylation sites is 2. The number of anilines is 4. The van der Waals surface area contributed by atoms with E-state index in [0.29, 0.717) is 33.6 Å². The van der Waals surface area contributed by atoms with Crippen LogP contribution in [0.15, 0.2) is 84.9 Å². The summed E-state index contributed by atoms with van der Waals surface area (Å²) in [5, 5.41) is 7.03. The van der Waals surface area contributed by atoms with Gasteiger partial charge in [0.2, 0.25) is 0 Å².